The zero-order valence-electron chi connectivity index (χ0n) is 12.9. The Morgan fingerprint density at radius 2 is 2.10 bits per heavy atom. The topological polar surface area (TPSA) is 47.6 Å². The minimum absolute atomic E-state index is 0.0997. The summed E-state index contributed by atoms with van der Waals surface area (Å²) >= 11 is 0. The van der Waals surface area contributed by atoms with Gasteiger partial charge in [0, 0.05) is 6.61 Å². The summed E-state index contributed by atoms with van der Waals surface area (Å²) < 4.78 is 11.0. The standard InChI is InChI=1S/C17H25NO3/c1-13(2)21-17(19)16-5-3-4-15(10-16)12-20-11-14-6-8-18-9-7-14/h3-5,10,13-14,18H,6-9,11-12H2,1-2H3. The van der Waals surface area contributed by atoms with Crippen LogP contribution in [0.4, 0.5) is 0 Å². The molecule has 1 heterocycles. The molecule has 4 nitrogen and oxygen atoms in total. The summed E-state index contributed by atoms with van der Waals surface area (Å²) in [6.07, 6.45) is 2.26. The van der Waals surface area contributed by atoms with Gasteiger partial charge in [-0.2, -0.15) is 0 Å². The molecule has 0 aliphatic carbocycles. The van der Waals surface area contributed by atoms with Crippen molar-refractivity contribution < 1.29 is 14.3 Å². The lowest BCUT2D eigenvalue weighted by atomic mass is 9.99. The van der Waals surface area contributed by atoms with E-state index in [9.17, 15) is 4.79 Å². The minimum atomic E-state index is -0.273. The second-order valence-corrected chi connectivity index (χ2v) is 5.86. The molecule has 1 saturated heterocycles. The van der Waals surface area contributed by atoms with E-state index < -0.39 is 0 Å². The van der Waals surface area contributed by atoms with Gasteiger partial charge >= 0.3 is 5.97 Å². The molecule has 0 radical (unpaired) electrons. The molecular formula is C17H25NO3. The zero-order valence-corrected chi connectivity index (χ0v) is 12.9. The Kier molecular flexibility index (Phi) is 6.21. The van der Waals surface area contributed by atoms with Gasteiger partial charge in [0.25, 0.3) is 0 Å². The van der Waals surface area contributed by atoms with Crippen molar-refractivity contribution in [2.45, 2.75) is 39.4 Å². The van der Waals surface area contributed by atoms with E-state index in [1.165, 1.54) is 12.8 Å². The molecule has 1 aliphatic rings. The molecule has 0 amide bonds. The van der Waals surface area contributed by atoms with Crippen molar-refractivity contribution in [1.82, 2.24) is 5.32 Å². The highest BCUT2D eigenvalue weighted by Gasteiger charge is 2.13. The number of ether oxygens (including phenoxy) is 2. The van der Waals surface area contributed by atoms with Crippen molar-refractivity contribution in [1.29, 1.82) is 0 Å². The van der Waals surface area contributed by atoms with Crippen LogP contribution in [0.25, 0.3) is 0 Å². The maximum absolute atomic E-state index is 11.9. The first-order valence-electron chi connectivity index (χ1n) is 7.73. The Labute approximate surface area is 126 Å². The second kappa shape index (κ2) is 8.15. The van der Waals surface area contributed by atoms with Crippen LogP contribution in [-0.4, -0.2) is 31.8 Å². The summed E-state index contributed by atoms with van der Waals surface area (Å²) in [5.74, 6) is 0.380. The molecule has 116 valence electrons. The third-order valence-corrected chi connectivity index (χ3v) is 3.59. The Morgan fingerprint density at radius 3 is 2.81 bits per heavy atom. The van der Waals surface area contributed by atoms with Crippen LogP contribution < -0.4 is 5.32 Å². The fourth-order valence-electron chi connectivity index (χ4n) is 2.46. The molecule has 0 aromatic heterocycles. The van der Waals surface area contributed by atoms with Gasteiger partial charge in [-0.15, -0.1) is 0 Å². The molecule has 2 rings (SSSR count). The highest BCUT2D eigenvalue weighted by atomic mass is 16.5. The number of piperidine rings is 1. The van der Waals surface area contributed by atoms with Gasteiger partial charge in [-0.3, -0.25) is 0 Å². The molecule has 0 spiro atoms. The summed E-state index contributed by atoms with van der Waals surface area (Å²) in [6.45, 7) is 7.22. The van der Waals surface area contributed by atoms with Gasteiger partial charge in [-0.1, -0.05) is 12.1 Å². The monoisotopic (exact) mass is 291 g/mol. The molecule has 1 aliphatic heterocycles. The number of benzene rings is 1. The predicted octanol–water partition coefficient (Wildman–Crippen LogP) is 2.77. The van der Waals surface area contributed by atoms with E-state index in [1.807, 2.05) is 32.0 Å². The zero-order chi connectivity index (χ0) is 15.1. The first-order valence-corrected chi connectivity index (χ1v) is 7.73. The first-order chi connectivity index (χ1) is 10.1. The molecule has 1 N–H and O–H groups in total. The predicted molar refractivity (Wildman–Crippen MR) is 82.2 cm³/mol. The lowest BCUT2D eigenvalue weighted by Gasteiger charge is -2.22. The highest BCUT2D eigenvalue weighted by Crippen LogP contribution is 2.14. The van der Waals surface area contributed by atoms with Crippen LogP contribution in [0.5, 0.6) is 0 Å². The molecule has 4 heteroatoms. The van der Waals surface area contributed by atoms with Crippen molar-refractivity contribution >= 4 is 5.97 Å². The lowest BCUT2D eigenvalue weighted by Crippen LogP contribution is -2.29. The van der Waals surface area contributed by atoms with Crippen molar-refractivity contribution in [2.75, 3.05) is 19.7 Å². The summed E-state index contributed by atoms with van der Waals surface area (Å²) in [6, 6.07) is 7.49. The summed E-state index contributed by atoms with van der Waals surface area (Å²) in [4.78, 5) is 11.9. The van der Waals surface area contributed by atoms with E-state index in [2.05, 4.69) is 5.32 Å². The molecule has 0 atom stereocenters. The van der Waals surface area contributed by atoms with E-state index in [0.717, 1.165) is 25.3 Å². The number of esters is 1. The third kappa shape index (κ3) is 5.48. The van der Waals surface area contributed by atoms with E-state index >= 15 is 0 Å². The number of carbonyl (C=O) groups is 1. The maximum atomic E-state index is 11.9. The number of rotatable bonds is 6. The normalized spacial score (nSPS) is 16.1. The number of nitrogens with one attached hydrogen (secondary N) is 1. The Morgan fingerprint density at radius 1 is 1.33 bits per heavy atom. The lowest BCUT2D eigenvalue weighted by molar-refractivity contribution is 0.0377. The molecule has 21 heavy (non-hydrogen) atoms. The van der Waals surface area contributed by atoms with Gasteiger partial charge in [0.15, 0.2) is 0 Å². The van der Waals surface area contributed by atoms with Gasteiger partial charge in [-0.05, 0) is 63.4 Å². The summed E-state index contributed by atoms with van der Waals surface area (Å²) in [5, 5.41) is 3.35. The molecule has 0 saturated carbocycles. The van der Waals surface area contributed by atoms with Crippen molar-refractivity contribution in [3.05, 3.63) is 35.4 Å². The van der Waals surface area contributed by atoms with Crippen LogP contribution in [-0.2, 0) is 16.1 Å². The van der Waals surface area contributed by atoms with Gasteiger partial charge in [0.2, 0.25) is 0 Å². The second-order valence-electron chi connectivity index (χ2n) is 5.86. The highest BCUT2D eigenvalue weighted by molar-refractivity contribution is 5.89. The Bertz CT molecular complexity index is 453. The quantitative estimate of drug-likeness (QED) is 0.819. The summed E-state index contributed by atoms with van der Waals surface area (Å²) in [7, 11) is 0. The van der Waals surface area contributed by atoms with Crippen LogP contribution in [0.3, 0.4) is 0 Å². The van der Waals surface area contributed by atoms with Gasteiger partial charge < -0.3 is 14.8 Å². The van der Waals surface area contributed by atoms with E-state index in [4.69, 9.17) is 9.47 Å². The van der Waals surface area contributed by atoms with Crippen LogP contribution in [0.15, 0.2) is 24.3 Å². The fraction of sp³-hybridized carbons (Fsp3) is 0.588. The van der Waals surface area contributed by atoms with Crippen molar-refractivity contribution in [3.8, 4) is 0 Å². The number of hydrogen-bond acceptors (Lipinski definition) is 4. The Balaban J connectivity index is 1.81. The van der Waals surface area contributed by atoms with Crippen molar-refractivity contribution in [2.24, 2.45) is 5.92 Å². The molecule has 0 bridgehead atoms. The largest absolute Gasteiger partial charge is 0.459 e. The molecule has 1 aromatic rings. The van der Waals surface area contributed by atoms with E-state index in [1.54, 1.807) is 6.07 Å². The molecule has 1 aromatic carbocycles. The average molecular weight is 291 g/mol. The van der Waals surface area contributed by atoms with Gasteiger partial charge in [0.1, 0.15) is 0 Å². The van der Waals surface area contributed by atoms with Crippen LogP contribution >= 0.6 is 0 Å². The van der Waals surface area contributed by atoms with Crippen molar-refractivity contribution in [3.63, 3.8) is 0 Å². The maximum Gasteiger partial charge on any atom is 0.338 e. The Hall–Kier alpha value is -1.39. The van der Waals surface area contributed by atoms with Gasteiger partial charge in [-0.25, -0.2) is 4.79 Å². The van der Waals surface area contributed by atoms with Crippen LogP contribution in [0.2, 0.25) is 0 Å². The van der Waals surface area contributed by atoms with Crippen LogP contribution in [0, 0.1) is 5.92 Å². The third-order valence-electron chi connectivity index (χ3n) is 3.59. The average Bonchev–Trinajstić information content (AvgIpc) is 2.48. The number of hydrogen-bond donors (Lipinski definition) is 1. The van der Waals surface area contributed by atoms with E-state index in [0.29, 0.717) is 18.1 Å². The van der Waals surface area contributed by atoms with E-state index in [-0.39, 0.29) is 12.1 Å². The number of carbonyl (C=O) groups excluding carboxylic acids is 1. The first kappa shape index (κ1) is 16.0. The minimum Gasteiger partial charge on any atom is -0.459 e. The SMILES string of the molecule is CC(C)OC(=O)c1cccc(COCC2CCNCC2)c1. The fourth-order valence-corrected chi connectivity index (χ4v) is 2.46. The molecule has 0 unspecified atom stereocenters. The smallest absolute Gasteiger partial charge is 0.338 e. The molecule has 1 fully saturated rings. The van der Waals surface area contributed by atoms with Gasteiger partial charge in [0.05, 0.1) is 18.3 Å². The van der Waals surface area contributed by atoms with Crippen LogP contribution in [0.1, 0.15) is 42.6 Å². The molecular weight excluding hydrogens is 266 g/mol. The summed E-state index contributed by atoms with van der Waals surface area (Å²) in [5.41, 5.74) is 1.61.